The van der Waals surface area contributed by atoms with Gasteiger partial charge in [-0.25, -0.2) is 18.4 Å². The second-order valence-electron chi connectivity index (χ2n) is 9.11. The molecule has 0 saturated heterocycles. The first-order valence-electron chi connectivity index (χ1n) is 12.4. The highest BCUT2D eigenvalue weighted by molar-refractivity contribution is 7.90. The van der Waals surface area contributed by atoms with Crippen molar-refractivity contribution in [2.45, 2.75) is 32.1 Å². The standard InChI is InChI=1S/C23H25N5O2.C7H8O2S/c1-6-18(29)10-17-9-14(2)7-8-19(17)26-22-16(4)13-25-23(28-22)27-20-11-21(30-5)24-12-15(20)3;1-10(8,9)7-5-3-2-4-6-7/h6-9,11-13H,1,10H2,2-5H3,(H2,24,25,26,27,28);2-6H,1H3. The molecule has 2 aromatic heterocycles. The van der Waals surface area contributed by atoms with Gasteiger partial charge in [0.1, 0.15) is 5.82 Å². The lowest BCUT2D eigenvalue weighted by atomic mass is 10.0. The Kier molecular flexibility index (Phi) is 10.1. The number of hydrogen-bond donors (Lipinski definition) is 2. The molecule has 0 unspecified atom stereocenters. The van der Waals surface area contributed by atoms with E-state index < -0.39 is 9.84 Å². The van der Waals surface area contributed by atoms with Gasteiger partial charge in [-0.15, -0.1) is 0 Å². The summed E-state index contributed by atoms with van der Waals surface area (Å²) < 4.78 is 26.9. The fraction of sp³-hybridized carbons (Fsp3) is 0.200. The van der Waals surface area contributed by atoms with Gasteiger partial charge in [0.25, 0.3) is 0 Å². The lowest BCUT2D eigenvalue weighted by Gasteiger charge is -2.15. The Morgan fingerprint density at radius 1 is 0.950 bits per heavy atom. The molecule has 0 amide bonds. The summed E-state index contributed by atoms with van der Waals surface area (Å²) >= 11 is 0. The highest BCUT2D eigenvalue weighted by Gasteiger charge is 2.11. The first kappa shape index (κ1) is 30.0. The average molecular weight is 560 g/mol. The molecule has 10 heteroatoms. The van der Waals surface area contributed by atoms with Crippen LogP contribution in [-0.2, 0) is 21.1 Å². The van der Waals surface area contributed by atoms with Crippen molar-refractivity contribution in [3.8, 4) is 5.88 Å². The molecule has 2 aromatic carbocycles. The molecular weight excluding hydrogens is 526 g/mol. The highest BCUT2D eigenvalue weighted by Crippen LogP contribution is 2.26. The molecule has 0 aliphatic heterocycles. The van der Waals surface area contributed by atoms with Crippen LogP contribution in [0.1, 0.15) is 22.3 Å². The van der Waals surface area contributed by atoms with Crippen LogP contribution in [0.5, 0.6) is 5.88 Å². The number of nitrogens with one attached hydrogen (secondary N) is 2. The highest BCUT2D eigenvalue weighted by atomic mass is 32.2. The van der Waals surface area contributed by atoms with E-state index in [2.05, 4.69) is 32.2 Å². The van der Waals surface area contributed by atoms with Crippen LogP contribution in [0.4, 0.5) is 23.1 Å². The zero-order valence-corrected chi connectivity index (χ0v) is 24.0. The molecule has 0 bridgehead atoms. The topological polar surface area (TPSA) is 123 Å². The summed E-state index contributed by atoms with van der Waals surface area (Å²) in [6, 6.07) is 16.1. The van der Waals surface area contributed by atoms with E-state index >= 15 is 0 Å². The third-order valence-corrected chi connectivity index (χ3v) is 6.91. The van der Waals surface area contributed by atoms with Crippen molar-refractivity contribution >= 4 is 38.8 Å². The predicted octanol–water partition coefficient (Wildman–Crippen LogP) is 5.68. The van der Waals surface area contributed by atoms with Crippen LogP contribution in [0.3, 0.4) is 0 Å². The Bertz CT molecular complexity index is 1610. The van der Waals surface area contributed by atoms with Gasteiger partial charge in [0, 0.05) is 42.4 Å². The molecule has 0 aliphatic carbocycles. The minimum atomic E-state index is -3.00. The predicted molar refractivity (Wildman–Crippen MR) is 158 cm³/mol. The molecule has 208 valence electrons. The van der Waals surface area contributed by atoms with Gasteiger partial charge in [-0.2, -0.15) is 4.98 Å². The van der Waals surface area contributed by atoms with Crippen LogP contribution < -0.4 is 15.4 Å². The zero-order chi connectivity index (χ0) is 29.3. The maximum Gasteiger partial charge on any atom is 0.229 e. The number of methoxy groups -OCH3 is 1. The lowest BCUT2D eigenvalue weighted by Crippen LogP contribution is -2.07. The Labute approximate surface area is 235 Å². The molecule has 40 heavy (non-hydrogen) atoms. The molecule has 0 aliphatic rings. The molecule has 0 fully saturated rings. The minimum absolute atomic E-state index is 0.0347. The van der Waals surface area contributed by atoms with Crippen molar-refractivity contribution in [1.29, 1.82) is 0 Å². The molecule has 0 atom stereocenters. The number of anilines is 4. The second-order valence-corrected chi connectivity index (χ2v) is 11.1. The smallest absolute Gasteiger partial charge is 0.229 e. The zero-order valence-electron chi connectivity index (χ0n) is 23.2. The molecule has 0 spiro atoms. The third-order valence-electron chi connectivity index (χ3n) is 5.78. The number of nitrogens with zero attached hydrogens (tertiary/aromatic N) is 3. The van der Waals surface area contributed by atoms with E-state index in [1.54, 1.807) is 55.9 Å². The summed E-state index contributed by atoms with van der Waals surface area (Å²) in [6.45, 7) is 9.43. The number of rotatable bonds is 9. The number of hydrogen-bond acceptors (Lipinski definition) is 9. The van der Waals surface area contributed by atoms with E-state index in [0.717, 1.165) is 33.6 Å². The van der Waals surface area contributed by atoms with Crippen molar-refractivity contribution in [3.63, 3.8) is 0 Å². The summed E-state index contributed by atoms with van der Waals surface area (Å²) in [4.78, 5) is 25.5. The fourth-order valence-electron chi connectivity index (χ4n) is 3.55. The van der Waals surface area contributed by atoms with E-state index in [0.29, 0.717) is 22.5 Å². The van der Waals surface area contributed by atoms with Crippen LogP contribution in [0.15, 0.2) is 84.5 Å². The van der Waals surface area contributed by atoms with E-state index in [9.17, 15) is 13.2 Å². The number of carbonyl (C=O) groups is 1. The van der Waals surface area contributed by atoms with Crippen LogP contribution in [0.2, 0.25) is 0 Å². The molecule has 4 aromatic rings. The van der Waals surface area contributed by atoms with Gasteiger partial charge in [-0.3, -0.25) is 4.79 Å². The van der Waals surface area contributed by atoms with Crippen molar-refractivity contribution in [3.05, 3.63) is 102 Å². The Morgan fingerprint density at radius 2 is 1.65 bits per heavy atom. The Morgan fingerprint density at radius 3 is 2.27 bits per heavy atom. The summed E-state index contributed by atoms with van der Waals surface area (Å²) in [5.41, 5.74) is 5.43. The van der Waals surface area contributed by atoms with E-state index in [1.807, 2.05) is 39.0 Å². The maximum absolute atomic E-state index is 11.9. The van der Waals surface area contributed by atoms with E-state index in [1.165, 1.54) is 12.3 Å². The van der Waals surface area contributed by atoms with Crippen LogP contribution >= 0.6 is 0 Å². The van der Waals surface area contributed by atoms with Gasteiger partial charge in [0.2, 0.25) is 11.8 Å². The van der Waals surface area contributed by atoms with E-state index in [4.69, 9.17) is 4.74 Å². The summed E-state index contributed by atoms with van der Waals surface area (Å²) in [7, 11) is -1.43. The van der Waals surface area contributed by atoms with Crippen LogP contribution in [0.25, 0.3) is 0 Å². The SMILES string of the molecule is C=CC(=O)Cc1cc(C)ccc1Nc1nc(Nc2cc(OC)ncc2C)ncc1C.CS(=O)(=O)c1ccccc1. The van der Waals surface area contributed by atoms with Crippen LogP contribution in [-0.4, -0.2) is 42.5 Å². The van der Waals surface area contributed by atoms with Gasteiger partial charge >= 0.3 is 0 Å². The van der Waals surface area contributed by atoms with Gasteiger partial charge < -0.3 is 15.4 Å². The molecule has 9 nitrogen and oxygen atoms in total. The van der Waals surface area contributed by atoms with Crippen molar-refractivity contribution < 1.29 is 17.9 Å². The monoisotopic (exact) mass is 559 g/mol. The summed E-state index contributed by atoms with van der Waals surface area (Å²) in [6.07, 6.45) is 6.29. The quantitative estimate of drug-likeness (QED) is 0.249. The van der Waals surface area contributed by atoms with Gasteiger partial charge in [0.05, 0.1) is 17.7 Å². The number of ketones is 1. The molecular formula is C30H33N5O4S. The minimum Gasteiger partial charge on any atom is -0.481 e. The first-order chi connectivity index (χ1) is 19.0. The number of benzene rings is 2. The molecule has 4 rings (SSSR count). The average Bonchev–Trinajstić information content (AvgIpc) is 2.93. The van der Waals surface area contributed by atoms with Crippen LogP contribution in [0, 0.1) is 20.8 Å². The van der Waals surface area contributed by atoms with Crippen molar-refractivity contribution in [2.75, 3.05) is 24.0 Å². The second kappa shape index (κ2) is 13.5. The molecule has 2 N–H and O–H groups in total. The Hall–Kier alpha value is -4.57. The van der Waals surface area contributed by atoms with Gasteiger partial charge in [-0.1, -0.05) is 42.5 Å². The lowest BCUT2D eigenvalue weighted by molar-refractivity contribution is -0.114. The maximum atomic E-state index is 11.9. The fourth-order valence-corrected chi connectivity index (χ4v) is 4.20. The van der Waals surface area contributed by atoms with Crippen molar-refractivity contribution in [2.24, 2.45) is 0 Å². The number of sulfone groups is 1. The Balaban J connectivity index is 0.000000371. The number of carbonyl (C=O) groups excluding carboxylic acids is 1. The number of aromatic nitrogens is 3. The normalized spacial score (nSPS) is 10.6. The van der Waals surface area contributed by atoms with Gasteiger partial charge in [-0.05, 0) is 56.2 Å². The summed E-state index contributed by atoms with van der Waals surface area (Å²) in [5.74, 6) is 1.56. The van der Waals surface area contributed by atoms with Gasteiger partial charge in [0.15, 0.2) is 15.6 Å². The summed E-state index contributed by atoms with van der Waals surface area (Å²) in [5, 5.41) is 6.56. The third kappa shape index (κ3) is 8.47. The molecule has 2 heterocycles. The van der Waals surface area contributed by atoms with Crippen molar-refractivity contribution in [1.82, 2.24) is 15.0 Å². The number of allylic oxidation sites excluding steroid dienone is 1. The molecule has 0 radical (unpaired) electrons. The first-order valence-corrected chi connectivity index (χ1v) is 14.3. The molecule has 0 saturated carbocycles. The van der Waals surface area contributed by atoms with E-state index in [-0.39, 0.29) is 12.2 Å². The largest absolute Gasteiger partial charge is 0.481 e. The number of aryl methyl sites for hydroxylation is 3. The number of pyridine rings is 1. The number of ether oxygens (including phenoxy) is 1.